The zero-order valence-corrected chi connectivity index (χ0v) is 12.2. The number of hydrogen-bond donors (Lipinski definition) is 1. The third-order valence-electron chi connectivity index (χ3n) is 3.23. The van der Waals surface area contributed by atoms with Gasteiger partial charge in [-0.2, -0.15) is 10.5 Å². The highest BCUT2D eigenvalue weighted by molar-refractivity contribution is 5.53. The molecule has 0 saturated carbocycles. The average Bonchev–Trinajstić information content (AvgIpc) is 3.13. The Kier molecular flexibility index (Phi) is 3.49. The van der Waals surface area contributed by atoms with Crippen LogP contribution in [0.25, 0.3) is 11.5 Å². The predicted molar refractivity (Wildman–Crippen MR) is 79.6 cm³/mol. The zero-order chi connectivity index (χ0) is 16.4. The van der Waals surface area contributed by atoms with Crippen molar-refractivity contribution in [2.75, 3.05) is 5.73 Å². The molecule has 0 aliphatic carbocycles. The van der Waals surface area contributed by atoms with E-state index < -0.39 is 0 Å². The fourth-order valence-electron chi connectivity index (χ4n) is 2.17. The van der Waals surface area contributed by atoms with Crippen LogP contribution in [0, 0.1) is 29.6 Å². The van der Waals surface area contributed by atoms with Crippen molar-refractivity contribution in [3.8, 4) is 23.6 Å². The van der Waals surface area contributed by atoms with Gasteiger partial charge in [-0.3, -0.25) is 4.57 Å². The first-order valence-electron chi connectivity index (χ1n) is 6.68. The van der Waals surface area contributed by atoms with Crippen molar-refractivity contribution < 1.29 is 4.42 Å². The second kappa shape index (κ2) is 5.62. The molecule has 0 spiro atoms. The summed E-state index contributed by atoms with van der Waals surface area (Å²) >= 11 is 0. The molecule has 2 aromatic heterocycles. The summed E-state index contributed by atoms with van der Waals surface area (Å²) in [7, 11) is 0. The van der Waals surface area contributed by atoms with E-state index in [0.717, 1.165) is 11.1 Å². The van der Waals surface area contributed by atoms with Gasteiger partial charge in [0.25, 0.3) is 0 Å². The maximum atomic E-state index is 9.15. The number of nitrogen functional groups attached to an aromatic ring is 1. The van der Waals surface area contributed by atoms with Gasteiger partial charge in [0, 0.05) is 5.56 Å². The third-order valence-corrected chi connectivity index (χ3v) is 3.23. The van der Waals surface area contributed by atoms with Gasteiger partial charge >= 0.3 is 0 Å². The molecule has 112 valence electrons. The molecule has 2 heterocycles. The zero-order valence-electron chi connectivity index (χ0n) is 12.2. The molecule has 23 heavy (non-hydrogen) atoms. The summed E-state index contributed by atoms with van der Waals surface area (Å²) in [6, 6.07) is 11.4. The number of nitrogens with zero attached hydrogens (tertiary/aromatic N) is 6. The molecule has 0 amide bonds. The monoisotopic (exact) mass is 305 g/mol. The van der Waals surface area contributed by atoms with Gasteiger partial charge in [0.05, 0.1) is 0 Å². The molecule has 0 fully saturated rings. The molecule has 0 radical (unpaired) electrons. The van der Waals surface area contributed by atoms with E-state index in [0.29, 0.717) is 5.89 Å². The number of anilines is 1. The fourth-order valence-corrected chi connectivity index (χ4v) is 2.17. The topological polar surface area (TPSA) is 130 Å². The van der Waals surface area contributed by atoms with Crippen molar-refractivity contribution in [3.05, 3.63) is 47.1 Å². The SMILES string of the molecule is Cc1cccc(-c2nnc(Cn3c(N)nc(C#N)c3C#N)o2)c1. The minimum absolute atomic E-state index is 0.0246. The largest absolute Gasteiger partial charge is 0.419 e. The maximum absolute atomic E-state index is 9.15. The van der Waals surface area contributed by atoms with Crippen molar-refractivity contribution in [1.29, 1.82) is 10.5 Å². The smallest absolute Gasteiger partial charge is 0.247 e. The van der Waals surface area contributed by atoms with Crippen LogP contribution >= 0.6 is 0 Å². The van der Waals surface area contributed by atoms with E-state index in [1.807, 2.05) is 43.3 Å². The van der Waals surface area contributed by atoms with Crippen molar-refractivity contribution >= 4 is 5.95 Å². The highest BCUT2D eigenvalue weighted by Crippen LogP contribution is 2.20. The van der Waals surface area contributed by atoms with Crippen LogP contribution in [0.1, 0.15) is 22.8 Å². The summed E-state index contributed by atoms with van der Waals surface area (Å²) in [6.07, 6.45) is 0. The Morgan fingerprint density at radius 2 is 2.09 bits per heavy atom. The summed E-state index contributed by atoms with van der Waals surface area (Å²) in [5.41, 5.74) is 7.67. The number of hydrogen-bond acceptors (Lipinski definition) is 7. The average molecular weight is 305 g/mol. The van der Waals surface area contributed by atoms with Gasteiger partial charge in [-0.15, -0.1) is 10.2 Å². The molecule has 3 rings (SSSR count). The highest BCUT2D eigenvalue weighted by Gasteiger charge is 2.18. The first-order valence-corrected chi connectivity index (χ1v) is 6.68. The van der Waals surface area contributed by atoms with Crippen LogP contribution in [-0.4, -0.2) is 19.7 Å². The third kappa shape index (κ3) is 2.61. The van der Waals surface area contributed by atoms with Gasteiger partial charge in [0.1, 0.15) is 18.7 Å². The second-order valence-corrected chi connectivity index (χ2v) is 4.85. The van der Waals surface area contributed by atoms with Crippen LogP contribution in [0.4, 0.5) is 5.95 Å². The lowest BCUT2D eigenvalue weighted by atomic mass is 10.1. The molecular formula is C15H11N7O. The van der Waals surface area contributed by atoms with Crippen molar-refractivity contribution in [2.45, 2.75) is 13.5 Å². The van der Waals surface area contributed by atoms with Gasteiger partial charge in [0.15, 0.2) is 11.4 Å². The number of aromatic nitrogens is 4. The van der Waals surface area contributed by atoms with Crippen LogP contribution in [0.5, 0.6) is 0 Å². The van der Waals surface area contributed by atoms with Crippen LogP contribution in [0.15, 0.2) is 28.7 Å². The van der Waals surface area contributed by atoms with Gasteiger partial charge in [-0.1, -0.05) is 17.7 Å². The van der Waals surface area contributed by atoms with Gasteiger partial charge in [-0.05, 0) is 19.1 Å². The van der Waals surface area contributed by atoms with Gasteiger partial charge in [-0.25, -0.2) is 4.98 Å². The Morgan fingerprint density at radius 3 is 2.78 bits per heavy atom. The van der Waals surface area contributed by atoms with Crippen LogP contribution in [0.3, 0.4) is 0 Å². The number of nitrogens with two attached hydrogens (primary N) is 1. The van der Waals surface area contributed by atoms with Crippen LogP contribution < -0.4 is 5.73 Å². The number of aryl methyl sites for hydroxylation is 1. The molecule has 8 heteroatoms. The molecule has 0 aliphatic rings. The fraction of sp³-hybridized carbons (Fsp3) is 0.133. The van der Waals surface area contributed by atoms with Gasteiger partial charge < -0.3 is 10.2 Å². The van der Waals surface area contributed by atoms with Crippen LogP contribution in [-0.2, 0) is 6.54 Å². The lowest BCUT2D eigenvalue weighted by Gasteiger charge is -2.01. The molecule has 0 saturated heterocycles. The first-order chi connectivity index (χ1) is 11.1. The maximum Gasteiger partial charge on any atom is 0.247 e. The first kappa shape index (κ1) is 14.3. The van der Waals surface area contributed by atoms with E-state index >= 15 is 0 Å². The van der Waals surface area contributed by atoms with Crippen molar-refractivity contribution in [2.24, 2.45) is 0 Å². The number of nitriles is 2. The number of rotatable bonds is 3. The molecular weight excluding hydrogens is 294 g/mol. The molecule has 0 unspecified atom stereocenters. The molecule has 3 aromatic rings. The van der Waals surface area contributed by atoms with E-state index in [1.54, 1.807) is 0 Å². The Labute approximate surface area is 131 Å². The molecule has 2 N–H and O–H groups in total. The highest BCUT2D eigenvalue weighted by atomic mass is 16.4. The van der Waals surface area contributed by atoms with Crippen LogP contribution in [0.2, 0.25) is 0 Å². The normalized spacial score (nSPS) is 10.2. The van der Waals surface area contributed by atoms with E-state index in [4.69, 9.17) is 20.7 Å². The summed E-state index contributed by atoms with van der Waals surface area (Å²) < 4.78 is 6.97. The van der Waals surface area contributed by atoms with Gasteiger partial charge in [0.2, 0.25) is 17.7 Å². The predicted octanol–water partition coefficient (Wildman–Crippen LogP) is 1.62. The Morgan fingerprint density at radius 1 is 1.26 bits per heavy atom. The van der Waals surface area contributed by atoms with Crippen molar-refractivity contribution in [3.63, 3.8) is 0 Å². The molecule has 0 bridgehead atoms. The lowest BCUT2D eigenvalue weighted by molar-refractivity contribution is 0.489. The van der Waals surface area contributed by atoms with E-state index in [-0.39, 0.29) is 29.8 Å². The standard InChI is InChI=1S/C15H11N7O/c1-9-3-2-4-10(5-9)14-21-20-13(23-14)8-22-12(7-17)11(6-16)19-15(22)18/h2-5H,8H2,1H3,(H2,18,19). The second-order valence-electron chi connectivity index (χ2n) is 4.85. The summed E-state index contributed by atoms with van der Waals surface area (Å²) in [6.45, 7) is 2.04. The minimum atomic E-state index is -0.0246. The number of imidazole rings is 1. The molecule has 0 aliphatic heterocycles. The Bertz CT molecular complexity index is 955. The molecule has 0 atom stereocenters. The quantitative estimate of drug-likeness (QED) is 0.777. The minimum Gasteiger partial charge on any atom is -0.419 e. The van der Waals surface area contributed by atoms with Crippen molar-refractivity contribution in [1.82, 2.24) is 19.7 Å². The lowest BCUT2D eigenvalue weighted by Crippen LogP contribution is -2.07. The summed E-state index contributed by atoms with van der Waals surface area (Å²) in [5, 5.41) is 26.1. The summed E-state index contributed by atoms with van der Waals surface area (Å²) in [5.74, 6) is 0.696. The number of benzene rings is 1. The Hall–Kier alpha value is -3.65. The Balaban J connectivity index is 1.93. The molecule has 1 aromatic carbocycles. The molecule has 8 nitrogen and oxygen atoms in total. The van der Waals surface area contributed by atoms with E-state index in [2.05, 4.69) is 15.2 Å². The van der Waals surface area contributed by atoms with E-state index in [9.17, 15) is 0 Å². The summed E-state index contributed by atoms with van der Waals surface area (Å²) in [4.78, 5) is 3.84. The van der Waals surface area contributed by atoms with E-state index in [1.165, 1.54) is 4.57 Å².